The van der Waals surface area contributed by atoms with E-state index < -0.39 is 0 Å². The molecule has 0 aromatic carbocycles. The summed E-state index contributed by atoms with van der Waals surface area (Å²) in [5.74, 6) is 0.663. The molecule has 0 unspecified atom stereocenters. The molecule has 1 aromatic heterocycles. The van der Waals surface area contributed by atoms with Gasteiger partial charge in [-0.25, -0.2) is 0 Å². The maximum absolute atomic E-state index is 5.60. The maximum Gasteiger partial charge on any atom is 0.0749 e. The van der Waals surface area contributed by atoms with E-state index in [2.05, 4.69) is 40.1 Å². The van der Waals surface area contributed by atoms with E-state index in [1.807, 2.05) is 10.9 Å². The minimum Gasteiger partial charge on any atom is -0.264 e. The average molecular weight is 278 g/mol. The molecule has 14 heavy (non-hydrogen) atoms. The fraction of sp³-hybridized carbons (Fsp3) is 0.500. The van der Waals surface area contributed by atoms with Crippen LogP contribution in [0.2, 0.25) is 0 Å². The van der Waals surface area contributed by atoms with Gasteiger partial charge in [0.05, 0.1) is 16.4 Å². The molecular weight excluding hydrogens is 263 g/mol. The first-order chi connectivity index (χ1) is 6.79. The van der Waals surface area contributed by atoms with Crippen LogP contribution in [0.25, 0.3) is 6.08 Å². The van der Waals surface area contributed by atoms with Crippen molar-refractivity contribution in [3.05, 3.63) is 22.4 Å². The zero-order valence-corrected chi connectivity index (χ0v) is 10.6. The molecule has 0 N–H and O–H groups in total. The van der Waals surface area contributed by atoms with Gasteiger partial charge < -0.3 is 0 Å². The van der Waals surface area contributed by atoms with Crippen molar-refractivity contribution in [3.8, 4) is 0 Å². The predicted molar refractivity (Wildman–Crippen MR) is 64.6 cm³/mol. The highest BCUT2D eigenvalue weighted by Gasteiger charge is 2.03. The summed E-state index contributed by atoms with van der Waals surface area (Å²) in [6, 6.07) is 0. The van der Waals surface area contributed by atoms with Crippen LogP contribution in [0.3, 0.4) is 0 Å². The first-order valence-corrected chi connectivity index (χ1v) is 6.06. The van der Waals surface area contributed by atoms with Crippen LogP contribution in [0.15, 0.2) is 16.7 Å². The van der Waals surface area contributed by atoms with Gasteiger partial charge in [0.15, 0.2) is 0 Å². The van der Waals surface area contributed by atoms with Gasteiger partial charge in [-0.3, -0.25) is 4.68 Å². The zero-order chi connectivity index (χ0) is 10.4. The van der Waals surface area contributed by atoms with Crippen LogP contribution in [0, 0.1) is 0 Å². The summed E-state index contributed by atoms with van der Waals surface area (Å²) >= 11 is 9.07. The second-order valence-corrected chi connectivity index (χ2v) is 4.21. The third-order valence-electron chi connectivity index (χ3n) is 1.82. The number of allylic oxidation sites excluding steroid dienone is 1. The second-order valence-electron chi connectivity index (χ2n) is 2.98. The predicted octanol–water partition coefficient (Wildman–Crippen LogP) is 3.70. The lowest BCUT2D eigenvalue weighted by Gasteiger charge is -2.01. The van der Waals surface area contributed by atoms with Crippen molar-refractivity contribution in [1.29, 1.82) is 0 Å². The molecule has 1 aromatic rings. The number of alkyl halides is 1. The molecular formula is C10H14BrClN2. The summed E-state index contributed by atoms with van der Waals surface area (Å²) < 4.78 is 3.03. The molecule has 4 heteroatoms. The lowest BCUT2D eigenvalue weighted by Crippen LogP contribution is -2.00. The third-order valence-corrected chi connectivity index (χ3v) is 2.65. The molecule has 0 spiro atoms. The van der Waals surface area contributed by atoms with Gasteiger partial charge in [-0.1, -0.05) is 13.0 Å². The lowest BCUT2D eigenvalue weighted by atomic mass is 10.3. The summed E-state index contributed by atoms with van der Waals surface area (Å²) in [5, 5.41) is 4.27. The van der Waals surface area contributed by atoms with Gasteiger partial charge in [0.1, 0.15) is 0 Å². The Bertz CT molecular complexity index is 307. The number of halogens is 2. The van der Waals surface area contributed by atoms with Gasteiger partial charge in [0.2, 0.25) is 0 Å². The monoisotopic (exact) mass is 276 g/mol. The number of nitrogens with zero attached hydrogens (tertiary/aromatic N) is 2. The van der Waals surface area contributed by atoms with Crippen LogP contribution in [0.5, 0.6) is 0 Å². The third kappa shape index (κ3) is 3.14. The van der Waals surface area contributed by atoms with E-state index in [1.54, 1.807) is 0 Å². The van der Waals surface area contributed by atoms with Crippen molar-refractivity contribution in [1.82, 2.24) is 9.78 Å². The molecule has 2 nitrogen and oxygen atoms in total. The van der Waals surface area contributed by atoms with E-state index in [0.29, 0.717) is 5.88 Å². The molecule has 0 aliphatic carbocycles. The summed E-state index contributed by atoms with van der Waals surface area (Å²) in [5.41, 5.74) is 1.12. The maximum atomic E-state index is 5.60. The number of rotatable bonds is 5. The second kappa shape index (κ2) is 6.25. The molecule has 78 valence electrons. The van der Waals surface area contributed by atoms with Crippen molar-refractivity contribution in [2.75, 3.05) is 5.88 Å². The number of hydrogen-bond donors (Lipinski definition) is 0. The number of aryl methyl sites for hydroxylation is 1. The molecule has 0 radical (unpaired) electrons. The Morgan fingerprint density at radius 1 is 1.64 bits per heavy atom. The topological polar surface area (TPSA) is 17.8 Å². The quantitative estimate of drug-likeness (QED) is 0.751. The minimum atomic E-state index is 0.663. The Hall–Kier alpha value is -0.280. The SMILES string of the molecule is CCCn1ncc(Br)c1/C=C/CCCl. The van der Waals surface area contributed by atoms with Gasteiger partial charge in [0.25, 0.3) is 0 Å². The molecule has 0 saturated heterocycles. The van der Waals surface area contributed by atoms with Crippen LogP contribution in [-0.2, 0) is 6.54 Å². The molecule has 0 atom stereocenters. The lowest BCUT2D eigenvalue weighted by molar-refractivity contribution is 0.598. The molecule has 0 aliphatic heterocycles. The summed E-state index contributed by atoms with van der Waals surface area (Å²) in [6.07, 6.45) is 7.95. The molecule has 0 bridgehead atoms. The smallest absolute Gasteiger partial charge is 0.0749 e. The number of aromatic nitrogens is 2. The van der Waals surface area contributed by atoms with E-state index >= 15 is 0 Å². The molecule has 0 fully saturated rings. The Morgan fingerprint density at radius 3 is 3.07 bits per heavy atom. The number of hydrogen-bond acceptors (Lipinski definition) is 1. The largest absolute Gasteiger partial charge is 0.264 e. The Morgan fingerprint density at radius 2 is 2.43 bits per heavy atom. The van der Waals surface area contributed by atoms with Crippen molar-refractivity contribution in [2.45, 2.75) is 26.3 Å². The van der Waals surface area contributed by atoms with Crippen LogP contribution in [-0.4, -0.2) is 15.7 Å². The van der Waals surface area contributed by atoms with E-state index in [0.717, 1.165) is 29.6 Å². The zero-order valence-electron chi connectivity index (χ0n) is 8.21. The summed E-state index contributed by atoms with van der Waals surface area (Å²) in [7, 11) is 0. The van der Waals surface area contributed by atoms with Crippen LogP contribution < -0.4 is 0 Å². The Balaban J connectivity index is 2.76. The van der Waals surface area contributed by atoms with Crippen molar-refractivity contribution in [2.24, 2.45) is 0 Å². The van der Waals surface area contributed by atoms with Crippen molar-refractivity contribution >= 4 is 33.6 Å². The van der Waals surface area contributed by atoms with Crippen LogP contribution in [0.1, 0.15) is 25.5 Å². The van der Waals surface area contributed by atoms with Crippen molar-refractivity contribution in [3.63, 3.8) is 0 Å². The highest BCUT2D eigenvalue weighted by molar-refractivity contribution is 9.10. The Kier molecular flexibility index (Phi) is 5.26. The molecule has 0 aliphatic rings. The Labute approximate surface area is 98.1 Å². The van der Waals surface area contributed by atoms with Crippen LogP contribution in [0.4, 0.5) is 0 Å². The summed E-state index contributed by atoms with van der Waals surface area (Å²) in [6.45, 7) is 3.09. The standard InChI is InChI=1S/C10H14BrClN2/c1-2-7-14-10(5-3-4-6-12)9(11)8-13-14/h3,5,8H,2,4,6-7H2,1H3/b5-3+. The first-order valence-electron chi connectivity index (χ1n) is 4.73. The highest BCUT2D eigenvalue weighted by atomic mass is 79.9. The van der Waals surface area contributed by atoms with E-state index in [4.69, 9.17) is 11.6 Å². The van der Waals surface area contributed by atoms with E-state index in [1.165, 1.54) is 0 Å². The van der Waals surface area contributed by atoms with Gasteiger partial charge in [-0.2, -0.15) is 5.10 Å². The van der Waals surface area contributed by atoms with Crippen LogP contribution >= 0.6 is 27.5 Å². The van der Waals surface area contributed by atoms with E-state index in [9.17, 15) is 0 Å². The van der Waals surface area contributed by atoms with E-state index in [-0.39, 0.29) is 0 Å². The van der Waals surface area contributed by atoms with Gasteiger partial charge in [-0.15, -0.1) is 11.6 Å². The highest BCUT2D eigenvalue weighted by Crippen LogP contribution is 2.18. The van der Waals surface area contributed by atoms with Gasteiger partial charge in [-0.05, 0) is 34.8 Å². The molecule has 1 rings (SSSR count). The normalized spacial score (nSPS) is 11.4. The fourth-order valence-corrected chi connectivity index (χ4v) is 1.74. The summed E-state index contributed by atoms with van der Waals surface area (Å²) in [4.78, 5) is 0. The minimum absolute atomic E-state index is 0.663. The molecule has 1 heterocycles. The van der Waals surface area contributed by atoms with Crippen molar-refractivity contribution < 1.29 is 0 Å². The fourth-order valence-electron chi connectivity index (χ4n) is 1.19. The average Bonchev–Trinajstić information content (AvgIpc) is 2.50. The van der Waals surface area contributed by atoms with Gasteiger partial charge >= 0.3 is 0 Å². The first kappa shape index (κ1) is 11.8. The molecule has 0 amide bonds. The molecule has 0 saturated carbocycles. The van der Waals surface area contributed by atoms with Gasteiger partial charge in [0, 0.05) is 12.4 Å².